The molecular formula is C13H17NO5S. The molecule has 2 rings (SSSR count). The molecule has 0 radical (unpaired) electrons. The van der Waals surface area contributed by atoms with Crippen LogP contribution in [-0.4, -0.2) is 38.2 Å². The third kappa shape index (κ3) is 2.84. The lowest BCUT2D eigenvalue weighted by Gasteiger charge is -2.17. The molecule has 0 saturated carbocycles. The molecule has 0 amide bonds. The van der Waals surface area contributed by atoms with Gasteiger partial charge in [-0.15, -0.1) is 0 Å². The zero-order valence-electron chi connectivity index (χ0n) is 11.3. The zero-order chi connectivity index (χ0) is 14.9. The van der Waals surface area contributed by atoms with Crippen LogP contribution in [0.4, 0.5) is 0 Å². The molecule has 2 N–H and O–H groups in total. The first-order valence-electron chi connectivity index (χ1n) is 6.30. The summed E-state index contributed by atoms with van der Waals surface area (Å²) in [7, 11) is -3.76. The van der Waals surface area contributed by atoms with E-state index >= 15 is 0 Å². The Hall–Kier alpha value is -1.44. The predicted molar refractivity (Wildman–Crippen MR) is 72.3 cm³/mol. The number of hydrogen-bond donors (Lipinski definition) is 2. The summed E-state index contributed by atoms with van der Waals surface area (Å²) >= 11 is 0. The van der Waals surface area contributed by atoms with E-state index in [-0.39, 0.29) is 28.2 Å². The first-order valence-corrected chi connectivity index (χ1v) is 7.78. The van der Waals surface area contributed by atoms with Crippen LogP contribution in [0, 0.1) is 6.92 Å². The highest BCUT2D eigenvalue weighted by molar-refractivity contribution is 7.89. The largest absolute Gasteiger partial charge is 0.478 e. The van der Waals surface area contributed by atoms with E-state index in [4.69, 9.17) is 9.84 Å². The van der Waals surface area contributed by atoms with Crippen LogP contribution in [0.1, 0.15) is 29.3 Å². The molecule has 0 aromatic heterocycles. The highest BCUT2D eigenvalue weighted by Gasteiger charge is 2.30. The molecule has 1 aromatic carbocycles. The number of rotatable bonds is 4. The van der Waals surface area contributed by atoms with E-state index < -0.39 is 16.0 Å². The van der Waals surface area contributed by atoms with Crippen molar-refractivity contribution in [2.75, 3.05) is 6.61 Å². The van der Waals surface area contributed by atoms with Gasteiger partial charge in [-0.1, -0.05) is 6.07 Å². The van der Waals surface area contributed by atoms with Crippen molar-refractivity contribution in [1.29, 1.82) is 0 Å². The number of carbonyl (C=O) groups is 1. The summed E-state index contributed by atoms with van der Waals surface area (Å²) in [4.78, 5) is 11.1. The average molecular weight is 299 g/mol. The number of carboxylic acids is 1. The smallest absolute Gasteiger partial charge is 0.335 e. The van der Waals surface area contributed by atoms with Gasteiger partial charge in [0, 0.05) is 6.61 Å². The van der Waals surface area contributed by atoms with Crippen LogP contribution in [0.3, 0.4) is 0 Å². The molecule has 1 saturated heterocycles. The number of carboxylic acid groups (broad SMARTS) is 1. The van der Waals surface area contributed by atoms with Crippen molar-refractivity contribution < 1.29 is 23.1 Å². The minimum Gasteiger partial charge on any atom is -0.478 e. The number of ether oxygens (including phenoxy) is 1. The summed E-state index contributed by atoms with van der Waals surface area (Å²) in [5, 5.41) is 9.05. The van der Waals surface area contributed by atoms with Gasteiger partial charge in [0.25, 0.3) is 0 Å². The van der Waals surface area contributed by atoms with Gasteiger partial charge in [0.05, 0.1) is 22.6 Å². The number of hydrogen-bond acceptors (Lipinski definition) is 4. The molecule has 1 aromatic rings. The molecule has 1 aliphatic heterocycles. The van der Waals surface area contributed by atoms with Gasteiger partial charge in [-0.3, -0.25) is 0 Å². The fourth-order valence-electron chi connectivity index (χ4n) is 2.29. The van der Waals surface area contributed by atoms with Crippen LogP contribution in [0.15, 0.2) is 23.1 Å². The summed E-state index contributed by atoms with van der Waals surface area (Å²) in [6.07, 6.45) is 0.422. The van der Waals surface area contributed by atoms with E-state index in [1.54, 1.807) is 6.92 Å². The van der Waals surface area contributed by atoms with Crippen molar-refractivity contribution in [1.82, 2.24) is 4.72 Å². The van der Waals surface area contributed by atoms with Gasteiger partial charge in [0.15, 0.2) is 0 Å². The molecule has 1 heterocycles. The SMILES string of the molecule is Cc1c(C(=O)O)cccc1S(=O)(=O)NC1CCOC1C. The minimum absolute atomic E-state index is 0.00324. The van der Waals surface area contributed by atoms with Gasteiger partial charge in [-0.2, -0.15) is 0 Å². The number of benzene rings is 1. The van der Waals surface area contributed by atoms with Crippen molar-refractivity contribution in [2.45, 2.75) is 37.3 Å². The quantitative estimate of drug-likeness (QED) is 0.870. The Morgan fingerprint density at radius 2 is 2.15 bits per heavy atom. The zero-order valence-corrected chi connectivity index (χ0v) is 12.1. The van der Waals surface area contributed by atoms with E-state index in [9.17, 15) is 13.2 Å². The van der Waals surface area contributed by atoms with E-state index in [0.717, 1.165) is 0 Å². The van der Waals surface area contributed by atoms with Crippen LogP contribution >= 0.6 is 0 Å². The van der Waals surface area contributed by atoms with Crippen molar-refractivity contribution in [2.24, 2.45) is 0 Å². The fourth-order valence-corrected chi connectivity index (χ4v) is 3.89. The Bertz CT molecular complexity index is 626. The maximum absolute atomic E-state index is 12.4. The Morgan fingerprint density at radius 1 is 1.45 bits per heavy atom. The Morgan fingerprint density at radius 3 is 2.70 bits per heavy atom. The fraction of sp³-hybridized carbons (Fsp3) is 0.462. The summed E-state index contributed by atoms with van der Waals surface area (Å²) in [5.74, 6) is -1.14. The third-order valence-corrected chi connectivity index (χ3v) is 5.12. The first-order chi connectivity index (χ1) is 9.33. The van der Waals surface area contributed by atoms with Crippen LogP contribution in [0.25, 0.3) is 0 Å². The topological polar surface area (TPSA) is 92.7 Å². The monoisotopic (exact) mass is 299 g/mol. The molecule has 1 fully saturated rings. The summed E-state index contributed by atoms with van der Waals surface area (Å²) in [5.41, 5.74) is 0.225. The van der Waals surface area contributed by atoms with Gasteiger partial charge in [0.2, 0.25) is 10.0 Å². The molecule has 0 aliphatic carbocycles. The molecule has 110 valence electrons. The average Bonchev–Trinajstić information content (AvgIpc) is 2.74. The van der Waals surface area contributed by atoms with Crippen molar-refractivity contribution >= 4 is 16.0 Å². The molecule has 1 aliphatic rings. The third-order valence-electron chi connectivity index (χ3n) is 3.49. The van der Waals surface area contributed by atoms with Crippen LogP contribution < -0.4 is 4.72 Å². The van der Waals surface area contributed by atoms with Crippen molar-refractivity contribution in [3.63, 3.8) is 0 Å². The number of aromatic carboxylic acids is 1. The number of sulfonamides is 1. The molecular weight excluding hydrogens is 282 g/mol. The standard InChI is InChI=1S/C13H17NO5S/c1-8-10(13(15)16)4-3-5-12(8)20(17,18)14-11-6-7-19-9(11)2/h3-5,9,11,14H,6-7H2,1-2H3,(H,15,16). The predicted octanol–water partition coefficient (Wildman–Crippen LogP) is 1.15. The minimum atomic E-state index is -3.76. The van der Waals surface area contributed by atoms with Gasteiger partial charge in [-0.05, 0) is 38.0 Å². The Labute approximate surface area is 117 Å². The first kappa shape index (κ1) is 15.0. The second kappa shape index (κ2) is 5.51. The van der Waals surface area contributed by atoms with Gasteiger partial charge in [0.1, 0.15) is 0 Å². The lowest BCUT2D eigenvalue weighted by Crippen LogP contribution is -2.39. The maximum atomic E-state index is 12.4. The Balaban J connectivity index is 2.35. The molecule has 2 unspecified atom stereocenters. The Kier molecular flexibility index (Phi) is 4.12. The summed E-state index contributed by atoms with van der Waals surface area (Å²) in [6.45, 7) is 3.82. The van der Waals surface area contributed by atoms with E-state index in [2.05, 4.69) is 4.72 Å². The summed E-state index contributed by atoms with van der Waals surface area (Å²) in [6, 6.07) is 3.94. The highest BCUT2D eigenvalue weighted by atomic mass is 32.2. The molecule has 2 atom stereocenters. The van der Waals surface area contributed by atoms with Crippen molar-refractivity contribution in [3.8, 4) is 0 Å². The lowest BCUT2D eigenvalue weighted by molar-refractivity contribution is 0.0695. The molecule has 7 heteroatoms. The molecule has 0 spiro atoms. The van der Waals surface area contributed by atoms with E-state index in [1.165, 1.54) is 25.1 Å². The van der Waals surface area contributed by atoms with Gasteiger partial charge >= 0.3 is 5.97 Å². The van der Waals surface area contributed by atoms with Crippen LogP contribution in [0.5, 0.6) is 0 Å². The van der Waals surface area contributed by atoms with Gasteiger partial charge < -0.3 is 9.84 Å². The van der Waals surface area contributed by atoms with Gasteiger partial charge in [-0.25, -0.2) is 17.9 Å². The van der Waals surface area contributed by atoms with E-state index in [1.807, 2.05) is 0 Å². The normalized spacial score (nSPS) is 22.9. The molecule has 20 heavy (non-hydrogen) atoms. The second-order valence-electron chi connectivity index (χ2n) is 4.83. The lowest BCUT2D eigenvalue weighted by atomic mass is 10.1. The second-order valence-corrected chi connectivity index (χ2v) is 6.51. The highest BCUT2D eigenvalue weighted by Crippen LogP contribution is 2.21. The number of nitrogens with one attached hydrogen (secondary N) is 1. The van der Waals surface area contributed by atoms with Crippen molar-refractivity contribution in [3.05, 3.63) is 29.3 Å². The summed E-state index contributed by atoms with van der Waals surface area (Å²) < 4.78 is 32.6. The van der Waals surface area contributed by atoms with Crippen LogP contribution in [-0.2, 0) is 14.8 Å². The molecule has 6 nitrogen and oxygen atoms in total. The molecule has 0 bridgehead atoms. The maximum Gasteiger partial charge on any atom is 0.335 e. The van der Waals surface area contributed by atoms with Crippen LogP contribution in [0.2, 0.25) is 0 Å². The van der Waals surface area contributed by atoms with E-state index in [0.29, 0.717) is 13.0 Å².